The monoisotopic (exact) mass is 677 g/mol. The molecule has 0 saturated heterocycles. The summed E-state index contributed by atoms with van der Waals surface area (Å²) in [7, 11) is 1.17. The standard InChI is InChI=1S/C36H72NO8P/c1-6-8-10-12-14-16-17-18-19-20-21-23-24-26-28-35(38)42-32-34(33-44-46(40,41)43-31-30-37(3,4)5)45-36(39)29-27-25-22-15-13-11-9-7-2/h34H,6-33H2,1-5H3/t34-/m0/s1. The van der Waals surface area contributed by atoms with Crippen molar-refractivity contribution >= 4 is 19.8 Å². The van der Waals surface area contributed by atoms with Gasteiger partial charge in [0.2, 0.25) is 0 Å². The lowest BCUT2D eigenvalue weighted by Gasteiger charge is -2.28. The van der Waals surface area contributed by atoms with Gasteiger partial charge in [0.25, 0.3) is 7.82 Å². The molecule has 274 valence electrons. The van der Waals surface area contributed by atoms with Gasteiger partial charge in [-0.1, -0.05) is 142 Å². The highest BCUT2D eigenvalue weighted by Gasteiger charge is 2.21. The number of carbonyl (C=O) groups excluding carboxylic acids is 2. The summed E-state index contributed by atoms with van der Waals surface area (Å²) in [6.45, 7) is 4.19. The zero-order chi connectivity index (χ0) is 34.4. The van der Waals surface area contributed by atoms with Crippen molar-refractivity contribution in [3.05, 3.63) is 0 Å². The zero-order valence-electron chi connectivity index (χ0n) is 30.5. The highest BCUT2D eigenvalue weighted by atomic mass is 31.2. The summed E-state index contributed by atoms with van der Waals surface area (Å²) in [6.07, 6.45) is 25.7. The van der Waals surface area contributed by atoms with Gasteiger partial charge in [0, 0.05) is 12.8 Å². The van der Waals surface area contributed by atoms with E-state index in [0.717, 1.165) is 38.5 Å². The van der Waals surface area contributed by atoms with Crippen LogP contribution >= 0.6 is 7.82 Å². The van der Waals surface area contributed by atoms with E-state index in [1.165, 1.54) is 96.3 Å². The van der Waals surface area contributed by atoms with E-state index in [9.17, 15) is 19.0 Å². The number of hydrogen-bond donors (Lipinski definition) is 0. The zero-order valence-corrected chi connectivity index (χ0v) is 31.4. The van der Waals surface area contributed by atoms with Crippen LogP contribution in [0.25, 0.3) is 0 Å². The topological polar surface area (TPSA) is 111 Å². The highest BCUT2D eigenvalue weighted by Crippen LogP contribution is 2.38. The molecule has 0 aliphatic heterocycles. The van der Waals surface area contributed by atoms with Crippen molar-refractivity contribution < 1.29 is 42.1 Å². The number of unbranched alkanes of at least 4 members (excludes halogenated alkanes) is 20. The van der Waals surface area contributed by atoms with Gasteiger partial charge in [-0.25, -0.2) is 0 Å². The van der Waals surface area contributed by atoms with Crippen LogP contribution in [0.4, 0.5) is 0 Å². The molecule has 46 heavy (non-hydrogen) atoms. The van der Waals surface area contributed by atoms with Crippen LogP contribution in [0.1, 0.15) is 168 Å². The number of hydrogen-bond acceptors (Lipinski definition) is 8. The maximum Gasteiger partial charge on any atom is 0.306 e. The number of phosphoric acid groups is 1. The average molecular weight is 678 g/mol. The first-order valence-corrected chi connectivity index (χ1v) is 20.2. The number of carbonyl (C=O) groups is 2. The summed E-state index contributed by atoms with van der Waals surface area (Å²) in [6, 6.07) is 0. The molecule has 9 nitrogen and oxygen atoms in total. The molecular weight excluding hydrogens is 605 g/mol. The Morgan fingerprint density at radius 2 is 0.978 bits per heavy atom. The molecule has 0 amide bonds. The Bertz CT molecular complexity index is 774. The van der Waals surface area contributed by atoms with Gasteiger partial charge in [-0.05, 0) is 12.8 Å². The van der Waals surface area contributed by atoms with Crippen LogP contribution in [-0.2, 0) is 32.7 Å². The number of nitrogens with zero attached hydrogens (tertiary/aromatic N) is 1. The Hall–Kier alpha value is -0.990. The Labute approximate surface area is 283 Å². The lowest BCUT2D eigenvalue weighted by molar-refractivity contribution is -0.870. The second-order valence-corrected chi connectivity index (χ2v) is 15.4. The summed E-state index contributed by atoms with van der Waals surface area (Å²) >= 11 is 0. The van der Waals surface area contributed by atoms with Crippen LogP contribution in [0.15, 0.2) is 0 Å². The maximum atomic E-state index is 12.5. The fourth-order valence-corrected chi connectivity index (χ4v) is 5.85. The number of rotatable bonds is 34. The molecule has 0 N–H and O–H groups in total. The SMILES string of the molecule is CCCCCCCCCCCCCCCCC(=O)OC[C@@H](COP(=O)([O-])OCC[N+](C)(C)C)OC(=O)CCCCCCCCCC. The quantitative estimate of drug-likeness (QED) is 0.0287. The van der Waals surface area contributed by atoms with E-state index in [2.05, 4.69) is 13.8 Å². The van der Waals surface area contributed by atoms with E-state index >= 15 is 0 Å². The molecule has 10 heteroatoms. The van der Waals surface area contributed by atoms with Crippen molar-refractivity contribution in [2.75, 3.05) is 47.5 Å². The largest absolute Gasteiger partial charge is 0.756 e. The molecule has 0 aromatic rings. The van der Waals surface area contributed by atoms with Gasteiger partial charge >= 0.3 is 11.9 Å². The molecule has 0 heterocycles. The molecule has 0 rings (SSSR count). The number of likely N-dealkylation sites (N-methyl/N-ethyl adjacent to an activating group) is 1. The predicted octanol–water partition coefficient (Wildman–Crippen LogP) is 9.05. The first kappa shape index (κ1) is 45.0. The van der Waals surface area contributed by atoms with E-state index in [-0.39, 0.29) is 32.0 Å². The van der Waals surface area contributed by atoms with E-state index < -0.39 is 26.5 Å². The van der Waals surface area contributed by atoms with Gasteiger partial charge in [0.05, 0.1) is 27.7 Å². The molecule has 0 aliphatic rings. The minimum atomic E-state index is -4.60. The molecule has 0 saturated carbocycles. The average Bonchev–Trinajstić information content (AvgIpc) is 2.99. The van der Waals surface area contributed by atoms with Gasteiger partial charge in [0.1, 0.15) is 19.8 Å². The molecule has 0 aliphatic carbocycles. The van der Waals surface area contributed by atoms with Gasteiger partial charge in [-0.2, -0.15) is 0 Å². The number of esters is 2. The summed E-state index contributed by atoms with van der Waals surface area (Å²) in [5.41, 5.74) is 0. The molecule has 0 aromatic carbocycles. The second kappa shape index (κ2) is 30.1. The molecule has 0 radical (unpaired) electrons. The number of phosphoric ester groups is 1. The maximum absolute atomic E-state index is 12.5. The third kappa shape index (κ3) is 32.9. The van der Waals surface area contributed by atoms with Gasteiger partial charge in [-0.15, -0.1) is 0 Å². The summed E-state index contributed by atoms with van der Waals surface area (Å²) in [5.74, 6) is -0.832. The minimum Gasteiger partial charge on any atom is -0.756 e. The van der Waals surface area contributed by atoms with Gasteiger partial charge in [-0.3, -0.25) is 14.2 Å². The van der Waals surface area contributed by atoms with Gasteiger partial charge in [0.15, 0.2) is 6.10 Å². The van der Waals surface area contributed by atoms with Crippen molar-refractivity contribution in [3.63, 3.8) is 0 Å². The molecule has 0 fully saturated rings. The second-order valence-electron chi connectivity index (χ2n) is 14.0. The number of ether oxygens (including phenoxy) is 2. The Morgan fingerprint density at radius 1 is 0.587 bits per heavy atom. The molecular formula is C36H72NO8P. The van der Waals surface area contributed by atoms with Crippen molar-refractivity contribution in [1.29, 1.82) is 0 Å². The normalized spacial score (nSPS) is 13.8. The Morgan fingerprint density at radius 3 is 1.39 bits per heavy atom. The summed E-state index contributed by atoms with van der Waals surface area (Å²) < 4.78 is 33.6. The van der Waals surface area contributed by atoms with E-state index in [1.807, 2.05) is 21.1 Å². The van der Waals surface area contributed by atoms with Gasteiger partial charge < -0.3 is 27.9 Å². The minimum absolute atomic E-state index is 0.0264. The smallest absolute Gasteiger partial charge is 0.306 e. The van der Waals surface area contributed by atoms with Crippen LogP contribution in [-0.4, -0.2) is 70.0 Å². The molecule has 2 atom stereocenters. The number of quaternary nitrogens is 1. The predicted molar refractivity (Wildman–Crippen MR) is 185 cm³/mol. The first-order valence-electron chi connectivity index (χ1n) is 18.7. The lowest BCUT2D eigenvalue weighted by Crippen LogP contribution is -2.37. The Balaban J connectivity index is 4.36. The Kier molecular flexibility index (Phi) is 29.4. The molecule has 0 aromatic heterocycles. The summed E-state index contributed by atoms with van der Waals surface area (Å²) in [4.78, 5) is 37.1. The van der Waals surface area contributed by atoms with Crippen LogP contribution < -0.4 is 4.89 Å². The lowest BCUT2D eigenvalue weighted by atomic mass is 10.0. The van der Waals surface area contributed by atoms with Crippen molar-refractivity contribution in [3.8, 4) is 0 Å². The third-order valence-electron chi connectivity index (χ3n) is 8.13. The third-order valence-corrected chi connectivity index (χ3v) is 9.09. The van der Waals surface area contributed by atoms with Crippen molar-refractivity contribution in [1.82, 2.24) is 0 Å². The highest BCUT2D eigenvalue weighted by molar-refractivity contribution is 7.45. The van der Waals surface area contributed by atoms with Crippen molar-refractivity contribution in [2.24, 2.45) is 0 Å². The van der Waals surface area contributed by atoms with Crippen LogP contribution in [0.2, 0.25) is 0 Å². The van der Waals surface area contributed by atoms with E-state index in [4.69, 9.17) is 18.5 Å². The van der Waals surface area contributed by atoms with Crippen LogP contribution in [0.5, 0.6) is 0 Å². The van der Waals surface area contributed by atoms with Crippen molar-refractivity contribution in [2.45, 2.75) is 174 Å². The fourth-order valence-electron chi connectivity index (χ4n) is 5.12. The molecule has 0 bridgehead atoms. The van der Waals surface area contributed by atoms with E-state index in [1.54, 1.807) is 0 Å². The fraction of sp³-hybridized carbons (Fsp3) is 0.944. The van der Waals surface area contributed by atoms with E-state index in [0.29, 0.717) is 17.4 Å². The molecule has 1 unspecified atom stereocenters. The van der Waals surface area contributed by atoms with Crippen LogP contribution in [0.3, 0.4) is 0 Å². The molecule has 0 spiro atoms. The first-order chi connectivity index (χ1) is 22.0. The van der Waals surface area contributed by atoms with Crippen LogP contribution in [0, 0.1) is 0 Å². The summed E-state index contributed by atoms with van der Waals surface area (Å²) in [5, 5.41) is 0.